The van der Waals surface area contributed by atoms with E-state index in [1.165, 1.54) is 31.2 Å². The van der Waals surface area contributed by atoms with Crippen molar-refractivity contribution in [2.24, 2.45) is 5.10 Å². The Morgan fingerprint density at radius 2 is 2.07 bits per heavy atom. The molecule has 9 nitrogen and oxygen atoms in total. The molecular weight excluding hydrogens is 398 g/mol. The Balaban J connectivity index is 2.25. The molecule has 2 aromatic carbocycles. The normalized spacial score (nSPS) is 11.5. The van der Waals surface area contributed by atoms with Crippen molar-refractivity contribution >= 4 is 33.5 Å². The Morgan fingerprint density at radius 3 is 2.70 bits per heavy atom. The quantitative estimate of drug-likeness (QED) is 0.407. The highest BCUT2D eigenvalue weighted by Crippen LogP contribution is 2.34. The summed E-state index contributed by atoms with van der Waals surface area (Å²) < 4.78 is 29.7. The maximum absolute atomic E-state index is 12.3. The minimum Gasteiger partial charge on any atom is -0.503 e. The van der Waals surface area contributed by atoms with E-state index in [1.807, 2.05) is 4.83 Å². The highest BCUT2D eigenvalue weighted by molar-refractivity contribution is 7.89. The molecule has 11 heteroatoms. The third kappa shape index (κ3) is 4.86. The smallest absolute Gasteiger partial charge is 0.276 e. The number of hydrogen-bond donors (Lipinski definition) is 2. The summed E-state index contributed by atoms with van der Waals surface area (Å²) in [6.45, 7) is 3.52. The van der Waals surface area contributed by atoms with Gasteiger partial charge in [-0.15, -0.1) is 0 Å². The lowest BCUT2D eigenvalue weighted by molar-refractivity contribution is -0.385. The van der Waals surface area contributed by atoms with Crippen LogP contribution in [-0.2, 0) is 10.0 Å². The molecule has 0 aliphatic carbocycles. The molecule has 0 unspecified atom stereocenters. The van der Waals surface area contributed by atoms with Gasteiger partial charge in [-0.05, 0) is 37.6 Å². The van der Waals surface area contributed by atoms with Gasteiger partial charge in [-0.3, -0.25) is 10.1 Å². The molecule has 0 aromatic heterocycles. The second-order valence-corrected chi connectivity index (χ2v) is 7.41. The van der Waals surface area contributed by atoms with Gasteiger partial charge in [0.2, 0.25) is 0 Å². The molecule has 0 atom stereocenters. The first-order valence-electron chi connectivity index (χ1n) is 7.61. The number of rotatable bonds is 7. The van der Waals surface area contributed by atoms with Gasteiger partial charge in [0.1, 0.15) is 0 Å². The van der Waals surface area contributed by atoms with Gasteiger partial charge >= 0.3 is 0 Å². The standard InChI is InChI=1S/C16H16ClN3O6S/c1-3-26-15-7-11(6-13(17)16(15)21)9-18-19-27(24,25)12-5-4-10(2)14(8-12)20(22)23/h4-9,19,21H,3H2,1-2H3/b18-9+. The molecule has 0 saturated heterocycles. The predicted molar refractivity (Wildman–Crippen MR) is 100 cm³/mol. The molecule has 0 aliphatic heterocycles. The van der Waals surface area contributed by atoms with Crippen LogP contribution in [0.25, 0.3) is 0 Å². The van der Waals surface area contributed by atoms with Gasteiger partial charge in [-0.2, -0.15) is 13.5 Å². The Labute approximate surface area is 160 Å². The van der Waals surface area contributed by atoms with Crippen LogP contribution in [0.15, 0.2) is 40.3 Å². The Hall–Kier alpha value is -2.85. The number of nitrogens with zero attached hydrogens (tertiary/aromatic N) is 2. The number of hydrazone groups is 1. The number of benzene rings is 2. The minimum absolute atomic E-state index is 0.0133. The van der Waals surface area contributed by atoms with E-state index in [9.17, 15) is 23.6 Å². The van der Waals surface area contributed by atoms with Crippen LogP contribution in [0.4, 0.5) is 5.69 Å². The first-order valence-corrected chi connectivity index (χ1v) is 9.47. The summed E-state index contributed by atoms with van der Waals surface area (Å²) in [6.07, 6.45) is 1.16. The summed E-state index contributed by atoms with van der Waals surface area (Å²) in [5.41, 5.74) is 0.400. The lowest BCUT2D eigenvalue weighted by atomic mass is 10.2. The van der Waals surface area contributed by atoms with Crippen molar-refractivity contribution in [1.82, 2.24) is 4.83 Å². The predicted octanol–water partition coefficient (Wildman–Crippen LogP) is 2.97. The minimum atomic E-state index is -4.11. The van der Waals surface area contributed by atoms with Gasteiger partial charge in [-0.1, -0.05) is 17.7 Å². The Bertz CT molecular complexity index is 1010. The number of aryl methyl sites for hydroxylation is 1. The average Bonchev–Trinajstić information content (AvgIpc) is 2.59. The van der Waals surface area contributed by atoms with Crippen LogP contribution in [-0.4, -0.2) is 31.3 Å². The van der Waals surface area contributed by atoms with E-state index >= 15 is 0 Å². The molecule has 2 rings (SSSR count). The second kappa shape index (κ2) is 8.23. The van der Waals surface area contributed by atoms with E-state index in [0.717, 1.165) is 12.3 Å². The van der Waals surface area contributed by atoms with E-state index in [0.29, 0.717) is 17.7 Å². The molecule has 0 saturated carbocycles. The molecular formula is C16H16ClN3O6S. The van der Waals surface area contributed by atoms with Crippen LogP contribution in [0.5, 0.6) is 11.5 Å². The Kier molecular flexibility index (Phi) is 6.24. The zero-order valence-corrected chi connectivity index (χ0v) is 15.9. The van der Waals surface area contributed by atoms with E-state index in [2.05, 4.69) is 5.10 Å². The van der Waals surface area contributed by atoms with Crippen LogP contribution < -0.4 is 9.57 Å². The fraction of sp³-hybridized carbons (Fsp3) is 0.188. The lowest BCUT2D eigenvalue weighted by Crippen LogP contribution is -2.18. The van der Waals surface area contributed by atoms with Crippen molar-refractivity contribution in [1.29, 1.82) is 0 Å². The summed E-state index contributed by atoms with van der Waals surface area (Å²) in [7, 11) is -4.11. The van der Waals surface area contributed by atoms with Crippen LogP contribution in [0, 0.1) is 17.0 Å². The molecule has 0 heterocycles. The van der Waals surface area contributed by atoms with Crippen molar-refractivity contribution in [3.05, 3.63) is 56.6 Å². The molecule has 0 radical (unpaired) electrons. The van der Waals surface area contributed by atoms with Gasteiger partial charge in [0.25, 0.3) is 15.7 Å². The largest absolute Gasteiger partial charge is 0.503 e. The molecule has 0 bridgehead atoms. The SMILES string of the molecule is CCOc1cc(/C=N/NS(=O)(=O)c2ccc(C)c([N+](=O)[O-])c2)cc(Cl)c1O. The maximum atomic E-state index is 12.3. The summed E-state index contributed by atoms with van der Waals surface area (Å²) >= 11 is 5.89. The van der Waals surface area contributed by atoms with Gasteiger partial charge in [0.15, 0.2) is 11.5 Å². The van der Waals surface area contributed by atoms with Crippen molar-refractivity contribution in [3.63, 3.8) is 0 Å². The highest BCUT2D eigenvalue weighted by Gasteiger charge is 2.19. The number of nitrogens with one attached hydrogen (secondary N) is 1. The van der Waals surface area contributed by atoms with Gasteiger partial charge in [0, 0.05) is 11.6 Å². The van der Waals surface area contributed by atoms with E-state index in [4.69, 9.17) is 16.3 Å². The summed E-state index contributed by atoms with van der Waals surface area (Å²) in [6, 6.07) is 6.33. The molecule has 2 N–H and O–H groups in total. The molecule has 0 aliphatic rings. The monoisotopic (exact) mass is 413 g/mol. The van der Waals surface area contributed by atoms with Crippen LogP contribution in [0.2, 0.25) is 5.02 Å². The number of nitro benzene ring substituents is 1. The summed E-state index contributed by atoms with van der Waals surface area (Å²) in [5.74, 6) is -0.105. The zero-order valence-electron chi connectivity index (χ0n) is 14.3. The van der Waals surface area contributed by atoms with Crippen molar-refractivity contribution in [2.75, 3.05) is 6.61 Å². The van der Waals surface area contributed by atoms with E-state index in [1.54, 1.807) is 6.92 Å². The van der Waals surface area contributed by atoms with Crippen LogP contribution in [0.1, 0.15) is 18.1 Å². The zero-order chi connectivity index (χ0) is 20.2. The number of phenols is 1. The average molecular weight is 414 g/mol. The number of hydrogen-bond acceptors (Lipinski definition) is 7. The third-order valence-corrected chi connectivity index (χ3v) is 4.93. The van der Waals surface area contributed by atoms with Crippen molar-refractivity contribution in [3.8, 4) is 11.5 Å². The fourth-order valence-electron chi connectivity index (χ4n) is 2.11. The van der Waals surface area contributed by atoms with Gasteiger partial charge in [0.05, 0.1) is 27.7 Å². The number of halogens is 1. The Morgan fingerprint density at radius 1 is 1.37 bits per heavy atom. The molecule has 144 valence electrons. The maximum Gasteiger partial charge on any atom is 0.276 e. The number of phenolic OH excluding ortho intramolecular Hbond substituents is 1. The van der Waals surface area contributed by atoms with Crippen molar-refractivity contribution in [2.45, 2.75) is 18.7 Å². The fourth-order valence-corrected chi connectivity index (χ4v) is 3.14. The first kappa shape index (κ1) is 20.5. The van der Waals surface area contributed by atoms with Crippen molar-refractivity contribution < 1.29 is 23.2 Å². The summed E-state index contributed by atoms with van der Waals surface area (Å²) in [4.78, 5) is 12.0. The lowest BCUT2D eigenvalue weighted by Gasteiger charge is -2.08. The number of aromatic hydroxyl groups is 1. The first-order chi connectivity index (χ1) is 12.7. The van der Waals surface area contributed by atoms with E-state index < -0.39 is 14.9 Å². The second-order valence-electron chi connectivity index (χ2n) is 5.34. The topological polar surface area (TPSA) is 131 Å². The van der Waals surface area contributed by atoms with Gasteiger partial charge in [-0.25, -0.2) is 4.83 Å². The molecule has 27 heavy (non-hydrogen) atoms. The molecule has 2 aromatic rings. The number of ether oxygens (including phenoxy) is 1. The molecule has 0 amide bonds. The van der Waals surface area contributed by atoms with E-state index in [-0.39, 0.29) is 27.1 Å². The van der Waals surface area contributed by atoms with Crippen LogP contribution >= 0.6 is 11.6 Å². The number of sulfonamides is 1. The van der Waals surface area contributed by atoms with Crippen LogP contribution in [0.3, 0.4) is 0 Å². The summed E-state index contributed by atoms with van der Waals surface area (Å²) in [5, 5.41) is 24.4. The molecule has 0 fully saturated rings. The highest BCUT2D eigenvalue weighted by atomic mass is 35.5. The molecule has 0 spiro atoms. The third-order valence-electron chi connectivity index (χ3n) is 3.42. The number of nitro groups is 1. The van der Waals surface area contributed by atoms with Gasteiger partial charge < -0.3 is 9.84 Å².